The van der Waals surface area contributed by atoms with Crippen molar-refractivity contribution in [3.8, 4) is 11.4 Å². The second-order valence-electron chi connectivity index (χ2n) is 5.26. The molecule has 8 heteroatoms. The summed E-state index contributed by atoms with van der Waals surface area (Å²) in [5.74, 6) is 0.838. The Morgan fingerprint density at radius 3 is 2.65 bits per heavy atom. The van der Waals surface area contributed by atoms with Gasteiger partial charge >= 0.3 is 0 Å². The van der Waals surface area contributed by atoms with Crippen LogP contribution in [0.3, 0.4) is 0 Å². The van der Waals surface area contributed by atoms with Gasteiger partial charge in [-0.3, -0.25) is 9.88 Å². The van der Waals surface area contributed by atoms with Crippen molar-refractivity contribution < 1.29 is 0 Å². The van der Waals surface area contributed by atoms with Crippen LogP contribution in [0.5, 0.6) is 0 Å². The molecule has 3 rings (SSSR count). The van der Waals surface area contributed by atoms with Gasteiger partial charge in [0, 0.05) is 36.4 Å². The molecular weight excluding hydrogens is 350 g/mol. The van der Waals surface area contributed by atoms with Crippen LogP contribution in [0, 0.1) is 4.77 Å². The fourth-order valence-corrected chi connectivity index (χ4v) is 3.67. The Morgan fingerprint density at radius 2 is 2.00 bits per heavy atom. The average Bonchev–Trinajstić information content (AvgIpc) is 3.06. The van der Waals surface area contributed by atoms with Gasteiger partial charge in [-0.15, -0.1) is 11.3 Å². The highest BCUT2D eigenvalue weighted by atomic mass is 35.5. The average molecular weight is 366 g/mol. The van der Waals surface area contributed by atoms with Crippen molar-refractivity contribution in [2.24, 2.45) is 7.05 Å². The van der Waals surface area contributed by atoms with Crippen LogP contribution < -0.4 is 0 Å². The van der Waals surface area contributed by atoms with Gasteiger partial charge in [-0.2, -0.15) is 5.10 Å². The highest BCUT2D eigenvalue weighted by Gasteiger charge is 2.11. The molecule has 0 saturated carbocycles. The highest BCUT2D eigenvalue weighted by Crippen LogP contribution is 2.22. The van der Waals surface area contributed by atoms with Crippen molar-refractivity contribution in [1.29, 1.82) is 0 Å². The number of aromatic nitrogens is 4. The molecule has 3 heterocycles. The first kappa shape index (κ1) is 16.3. The Bertz CT molecular complexity index is 852. The van der Waals surface area contributed by atoms with Crippen LogP contribution in [0.4, 0.5) is 0 Å². The molecule has 120 valence electrons. The summed E-state index contributed by atoms with van der Waals surface area (Å²) in [5.41, 5.74) is 1.00. The lowest BCUT2D eigenvalue weighted by Gasteiger charge is -2.15. The number of nitrogens with zero attached hydrogens (tertiary/aromatic N) is 5. The first-order valence-electron chi connectivity index (χ1n) is 7.01. The van der Waals surface area contributed by atoms with Gasteiger partial charge in [-0.05, 0) is 43.5 Å². The maximum Gasteiger partial charge on any atom is 0.199 e. The molecular formula is C15H16ClN5S2. The lowest BCUT2D eigenvalue weighted by molar-refractivity contribution is 0.246. The predicted molar refractivity (Wildman–Crippen MR) is 96.1 cm³/mol. The maximum atomic E-state index is 5.98. The molecule has 3 aromatic rings. The fourth-order valence-electron chi connectivity index (χ4n) is 2.31. The van der Waals surface area contributed by atoms with E-state index in [4.69, 9.17) is 23.8 Å². The summed E-state index contributed by atoms with van der Waals surface area (Å²) >= 11 is 13.1. The zero-order chi connectivity index (χ0) is 16.4. The van der Waals surface area contributed by atoms with Crippen LogP contribution in [0.2, 0.25) is 4.34 Å². The quantitative estimate of drug-likeness (QED) is 0.644. The molecule has 0 fully saturated rings. The van der Waals surface area contributed by atoms with Gasteiger partial charge < -0.3 is 4.57 Å². The molecule has 0 amide bonds. The molecule has 0 aliphatic rings. The summed E-state index contributed by atoms with van der Waals surface area (Å²) in [5, 5.41) is 4.65. The molecule has 23 heavy (non-hydrogen) atoms. The van der Waals surface area contributed by atoms with Crippen molar-refractivity contribution in [2.75, 3.05) is 7.05 Å². The molecule has 5 nitrogen and oxygen atoms in total. The van der Waals surface area contributed by atoms with E-state index in [-0.39, 0.29) is 0 Å². The molecule has 0 bridgehead atoms. The molecule has 0 N–H and O–H groups in total. The normalized spacial score (nSPS) is 11.3. The van der Waals surface area contributed by atoms with Crippen molar-refractivity contribution in [2.45, 2.75) is 13.2 Å². The van der Waals surface area contributed by atoms with E-state index in [0.717, 1.165) is 22.3 Å². The van der Waals surface area contributed by atoms with Crippen molar-refractivity contribution in [3.63, 3.8) is 0 Å². The molecule has 3 aromatic heterocycles. The molecule has 0 aliphatic carbocycles. The summed E-state index contributed by atoms with van der Waals surface area (Å²) < 4.78 is 5.25. The van der Waals surface area contributed by atoms with Gasteiger partial charge in [0.1, 0.15) is 0 Å². The smallest absolute Gasteiger partial charge is 0.199 e. The van der Waals surface area contributed by atoms with E-state index < -0.39 is 0 Å². The van der Waals surface area contributed by atoms with Crippen molar-refractivity contribution in [1.82, 2.24) is 24.2 Å². The van der Waals surface area contributed by atoms with E-state index in [1.165, 1.54) is 4.88 Å². The third-order valence-electron chi connectivity index (χ3n) is 3.41. The first-order valence-corrected chi connectivity index (χ1v) is 8.62. The molecule has 0 spiro atoms. The van der Waals surface area contributed by atoms with Crippen molar-refractivity contribution >= 4 is 35.2 Å². The number of thiophene rings is 1. The van der Waals surface area contributed by atoms with Gasteiger partial charge in [-0.1, -0.05) is 11.6 Å². The summed E-state index contributed by atoms with van der Waals surface area (Å²) in [6, 6.07) is 7.82. The number of rotatable bonds is 5. The third-order valence-corrected chi connectivity index (χ3v) is 5.11. The van der Waals surface area contributed by atoms with Gasteiger partial charge in [0.05, 0.1) is 11.0 Å². The van der Waals surface area contributed by atoms with Crippen LogP contribution in [0.15, 0.2) is 36.7 Å². The predicted octanol–water partition coefficient (Wildman–Crippen LogP) is 3.82. The summed E-state index contributed by atoms with van der Waals surface area (Å²) in [6.07, 6.45) is 3.51. The highest BCUT2D eigenvalue weighted by molar-refractivity contribution is 7.71. The van der Waals surface area contributed by atoms with Crippen LogP contribution >= 0.6 is 35.2 Å². The first-order chi connectivity index (χ1) is 11.0. The fraction of sp³-hybridized carbons (Fsp3) is 0.267. The molecule has 0 aliphatic heterocycles. The lowest BCUT2D eigenvalue weighted by atomic mass is 10.2. The van der Waals surface area contributed by atoms with Crippen LogP contribution in [-0.4, -0.2) is 31.3 Å². The zero-order valence-corrected chi connectivity index (χ0v) is 15.2. The van der Waals surface area contributed by atoms with E-state index in [1.807, 2.05) is 47.6 Å². The molecule has 0 atom stereocenters. The molecule has 0 radical (unpaired) electrons. The van der Waals surface area contributed by atoms with E-state index in [9.17, 15) is 0 Å². The van der Waals surface area contributed by atoms with E-state index in [2.05, 4.69) is 15.0 Å². The molecule has 0 aromatic carbocycles. The van der Waals surface area contributed by atoms with E-state index >= 15 is 0 Å². The molecule has 0 saturated heterocycles. The second kappa shape index (κ2) is 6.92. The maximum absolute atomic E-state index is 5.98. The monoisotopic (exact) mass is 365 g/mol. The Labute approximate surface area is 148 Å². The number of pyridine rings is 1. The Hall–Kier alpha value is -1.54. The van der Waals surface area contributed by atoms with Gasteiger partial charge in [0.2, 0.25) is 0 Å². The second-order valence-corrected chi connectivity index (χ2v) is 7.43. The van der Waals surface area contributed by atoms with Crippen molar-refractivity contribution in [3.05, 3.63) is 50.6 Å². The summed E-state index contributed by atoms with van der Waals surface area (Å²) in [6.45, 7) is 1.42. The molecule has 0 unspecified atom stereocenters. The van der Waals surface area contributed by atoms with E-state index in [0.29, 0.717) is 11.4 Å². The SMILES string of the molecule is CN(Cc1ccc(Cl)s1)Cn1nc(-c2ccncc2)n(C)c1=S. The minimum atomic E-state index is 0.618. The zero-order valence-electron chi connectivity index (χ0n) is 12.8. The lowest BCUT2D eigenvalue weighted by Crippen LogP contribution is -2.22. The Morgan fingerprint density at radius 1 is 1.26 bits per heavy atom. The van der Waals surface area contributed by atoms with Crippen LogP contribution in [0.25, 0.3) is 11.4 Å². The topological polar surface area (TPSA) is 38.9 Å². The summed E-state index contributed by atoms with van der Waals surface area (Å²) in [7, 11) is 3.97. The van der Waals surface area contributed by atoms with Gasteiger partial charge in [0.25, 0.3) is 0 Å². The van der Waals surface area contributed by atoms with E-state index in [1.54, 1.807) is 23.7 Å². The third kappa shape index (κ3) is 3.69. The number of hydrogen-bond acceptors (Lipinski definition) is 5. The summed E-state index contributed by atoms with van der Waals surface area (Å²) in [4.78, 5) is 7.41. The van der Waals surface area contributed by atoms with Gasteiger partial charge in [0.15, 0.2) is 10.6 Å². The number of halogens is 1. The van der Waals surface area contributed by atoms with Crippen LogP contribution in [0.1, 0.15) is 4.88 Å². The minimum Gasteiger partial charge on any atom is -0.303 e. The number of hydrogen-bond donors (Lipinski definition) is 0. The minimum absolute atomic E-state index is 0.618. The standard InChI is InChI=1S/C15H16ClN5S2/c1-19(9-12-3-4-13(16)23-12)10-21-15(22)20(2)14(18-21)11-5-7-17-8-6-11/h3-8H,9-10H2,1-2H3. The Kier molecular flexibility index (Phi) is 4.91. The van der Waals surface area contributed by atoms with Gasteiger partial charge in [-0.25, -0.2) is 4.68 Å². The largest absolute Gasteiger partial charge is 0.303 e. The van der Waals surface area contributed by atoms with Crippen LogP contribution in [-0.2, 0) is 20.3 Å². The Balaban J connectivity index is 1.79.